The number of anilines is 2. The Balaban J connectivity index is 1.84. The lowest BCUT2D eigenvalue weighted by Crippen LogP contribution is -2.33. The third kappa shape index (κ3) is 4.00. The Hall–Kier alpha value is -1.96. The summed E-state index contributed by atoms with van der Waals surface area (Å²) < 4.78 is 0. The molecule has 2 nitrogen and oxygen atoms in total. The second kappa shape index (κ2) is 7.95. The van der Waals surface area contributed by atoms with Crippen LogP contribution in [0.3, 0.4) is 0 Å². The SMILES string of the molecule is CCCCCC1CCC(c2ccc(N)cc2)(c2ccc(N)cc2)CC1. The van der Waals surface area contributed by atoms with Gasteiger partial charge in [0.25, 0.3) is 0 Å². The summed E-state index contributed by atoms with van der Waals surface area (Å²) in [6.07, 6.45) is 10.5. The molecule has 2 aromatic carbocycles. The average molecular weight is 337 g/mol. The molecule has 0 spiro atoms. The Labute approximate surface area is 152 Å². The molecular weight excluding hydrogens is 304 g/mol. The van der Waals surface area contributed by atoms with E-state index in [1.165, 1.54) is 62.5 Å². The molecule has 3 rings (SSSR count). The van der Waals surface area contributed by atoms with E-state index in [1.807, 2.05) is 24.3 Å². The lowest BCUT2D eigenvalue weighted by atomic mass is 9.62. The van der Waals surface area contributed by atoms with Crippen LogP contribution in [0.5, 0.6) is 0 Å². The second-order valence-corrected chi connectivity index (χ2v) is 7.77. The van der Waals surface area contributed by atoms with Crippen molar-refractivity contribution in [2.24, 2.45) is 5.92 Å². The van der Waals surface area contributed by atoms with Crippen molar-refractivity contribution in [3.05, 3.63) is 59.7 Å². The molecule has 0 aliphatic heterocycles. The standard InChI is InChI=1S/C23H32N2/c1-2-3-4-5-18-14-16-23(17-15-18,19-6-10-21(24)11-7-19)20-8-12-22(25)13-9-20/h6-13,18H,2-5,14-17,24-25H2,1H3. The highest BCUT2D eigenvalue weighted by Gasteiger charge is 2.38. The topological polar surface area (TPSA) is 52.0 Å². The van der Waals surface area contributed by atoms with Crippen LogP contribution in [0, 0.1) is 5.92 Å². The lowest BCUT2D eigenvalue weighted by molar-refractivity contribution is 0.250. The van der Waals surface area contributed by atoms with Crippen molar-refractivity contribution >= 4 is 11.4 Å². The van der Waals surface area contributed by atoms with Gasteiger partial charge in [0.2, 0.25) is 0 Å². The van der Waals surface area contributed by atoms with E-state index >= 15 is 0 Å². The van der Waals surface area contributed by atoms with Crippen molar-refractivity contribution in [2.75, 3.05) is 11.5 Å². The molecular formula is C23H32N2. The molecule has 0 unspecified atom stereocenters. The first-order chi connectivity index (χ1) is 12.1. The summed E-state index contributed by atoms with van der Waals surface area (Å²) >= 11 is 0. The normalized spacial score (nSPS) is 17.5. The molecule has 0 radical (unpaired) electrons. The molecule has 1 aliphatic rings. The molecule has 1 aliphatic carbocycles. The molecule has 0 saturated heterocycles. The number of nitrogen functional groups attached to an aromatic ring is 2. The van der Waals surface area contributed by atoms with Gasteiger partial charge in [-0.3, -0.25) is 0 Å². The number of hydrogen-bond donors (Lipinski definition) is 2. The maximum atomic E-state index is 5.93. The zero-order valence-corrected chi connectivity index (χ0v) is 15.5. The van der Waals surface area contributed by atoms with Gasteiger partial charge in [-0.25, -0.2) is 0 Å². The second-order valence-electron chi connectivity index (χ2n) is 7.77. The Morgan fingerprint density at radius 2 is 1.28 bits per heavy atom. The maximum Gasteiger partial charge on any atom is 0.0314 e. The number of nitrogens with two attached hydrogens (primary N) is 2. The van der Waals surface area contributed by atoms with Crippen LogP contribution in [-0.4, -0.2) is 0 Å². The van der Waals surface area contributed by atoms with Crippen LogP contribution >= 0.6 is 0 Å². The van der Waals surface area contributed by atoms with Crippen LogP contribution in [0.2, 0.25) is 0 Å². The van der Waals surface area contributed by atoms with Gasteiger partial charge in [-0.1, -0.05) is 56.9 Å². The molecule has 2 aromatic rings. The van der Waals surface area contributed by atoms with Crippen molar-refractivity contribution < 1.29 is 0 Å². The third-order valence-corrected chi connectivity index (χ3v) is 6.10. The molecule has 1 fully saturated rings. The number of benzene rings is 2. The average Bonchev–Trinajstić information content (AvgIpc) is 2.64. The predicted octanol–water partition coefficient (Wildman–Crippen LogP) is 5.91. The van der Waals surface area contributed by atoms with E-state index in [-0.39, 0.29) is 5.41 Å². The zero-order valence-electron chi connectivity index (χ0n) is 15.5. The highest BCUT2D eigenvalue weighted by atomic mass is 14.5. The van der Waals surface area contributed by atoms with E-state index in [0.717, 1.165) is 17.3 Å². The van der Waals surface area contributed by atoms with Gasteiger partial charge < -0.3 is 11.5 Å². The highest BCUT2D eigenvalue weighted by Crippen LogP contribution is 2.47. The van der Waals surface area contributed by atoms with Crippen LogP contribution < -0.4 is 11.5 Å². The fraction of sp³-hybridized carbons (Fsp3) is 0.478. The van der Waals surface area contributed by atoms with E-state index in [1.54, 1.807) is 0 Å². The smallest absolute Gasteiger partial charge is 0.0314 e. The van der Waals surface area contributed by atoms with Crippen molar-refractivity contribution in [2.45, 2.75) is 63.7 Å². The van der Waals surface area contributed by atoms with Crippen molar-refractivity contribution in [3.8, 4) is 0 Å². The Kier molecular flexibility index (Phi) is 5.67. The fourth-order valence-corrected chi connectivity index (χ4v) is 4.49. The molecule has 0 amide bonds. The van der Waals surface area contributed by atoms with Gasteiger partial charge >= 0.3 is 0 Å². The summed E-state index contributed by atoms with van der Waals surface area (Å²) in [4.78, 5) is 0. The van der Waals surface area contributed by atoms with Gasteiger partial charge in [0.05, 0.1) is 0 Å². The van der Waals surface area contributed by atoms with Gasteiger partial charge in [-0.2, -0.15) is 0 Å². The quantitative estimate of drug-likeness (QED) is 0.509. The summed E-state index contributed by atoms with van der Waals surface area (Å²) in [6.45, 7) is 2.29. The Morgan fingerprint density at radius 3 is 1.72 bits per heavy atom. The van der Waals surface area contributed by atoms with Gasteiger partial charge in [-0.15, -0.1) is 0 Å². The summed E-state index contributed by atoms with van der Waals surface area (Å²) in [5, 5.41) is 0. The summed E-state index contributed by atoms with van der Waals surface area (Å²) in [5.74, 6) is 0.891. The first-order valence-corrected chi connectivity index (χ1v) is 9.86. The number of unbranched alkanes of at least 4 members (excludes halogenated alkanes) is 2. The minimum atomic E-state index is 0.114. The van der Waals surface area contributed by atoms with Crippen LogP contribution in [-0.2, 0) is 5.41 Å². The Bertz CT molecular complexity index is 602. The molecule has 4 N–H and O–H groups in total. The molecule has 1 saturated carbocycles. The Morgan fingerprint density at radius 1 is 0.800 bits per heavy atom. The maximum absolute atomic E-state index is 5.93. The largest absolute Gasteiger partial charge is 0.399 e. The van der Waals surface area contributed by atoms with E-state index in [4.69, 9.17) is 11.5 Å². The minimum absolute atomic E-state index is 0.114. The number of hydrogen-bond acceptors (Lipinski definition) is 2. The fourth-order valence-electron chi connectivity index (χ4n) is 4.49. The lowest BCUT2D eigenvalue weighted by Gasteiger charge is -2.41. The summed E-state index contributed by atoms with van der Waals surface area (Å²) in [5.41, 5.74) is 16.5. The molecule has 0 heterocycles. The molecule has 2 heteroatoms. The van der Waals surface area contributed by atoms with Crippen molar-refractivity contribution in [1.82, 2.24) is 0 Å². The molecule has 0 aromatic heterocycles. The number of rotatable bonds is 6. The summed E-state index contributed by atoms with van der Waals surface area (Å²) in [6, 6.07) is 17.1. The van der Waals surface area contributed by atoms with E-state index in [9.17, 15) is 0 Å². The third-order valence-electron chi connectivity index (χ3n) is 6.10. The minimum Gasteiger partial charge on any atom is -0.399 e. The zero-order chi connectivity index (χ0) is 17.7. The molecule has 25 heavy (non-hydrogen) atoms. The van der Waals surface area contributed by atoms with Crippen molar-refractivity contribution in [3.63, 3.8) is 0 Å². The van der Waals surface area contributed by atoms with Crippen LogP contribution in [0.25, 0.3) is 0 Å². The van der Waals surface area contributed by atoms with Gasteiger partial charge in [-0.05, 0) is 67.0 Å². The predicted molar refractivity (Wildman–Crippen MR) is 109 cm³/mol. The first-order valence-electron chi connectivity index (χ1n) is 9.86. The van der Waals surface area contributed by atoms with E-state index in [0.29, 0.717) is 0 Å². The van der Waals surface area contributed by atoms with E-state index < -0.39 is 0 Å². The van der Waals surface area contributed by atoms with E-state index in [2.05, 4.69) is 31.2 Å². The molecule has 0 atom stereocenters. The monoisotopic (exact) mass is 336 g/mol. The van der Waals surface area contributed by atoms with Crippen LogP contribution in [0.15, 0.2) is 48.5 Å². The van der Waals surface area contributed by atoms with Crippen LogP contribution in [0.1, 0.15) is 69.4 Å². The first kappa shape index (κ1) is 17.8. The van der Waals surface area contributed by atoms with Gasteiger partial charge in [0.1, 0.15) is 0 Å². The summed E-state index contributed by atoms with van der Waals surface area (Å²) in [7, 11) is 0. The highest BCUT2D eigenvalue weighted by molar-refractivity contribution is 5.49. The molecule has 0 bridgehead atoms. The molecule has 134 valence electrons. The van der Waals surface area contributed by atoms with Gasteiger partial charge in [0.15, 0.2) is 0 Å². The van der Waals surface area contributed by atoms with Gasteiger partial charge in [0, 0.05) is 16.8 Å². The van der Waals surface area contributed by atoms with Crippen molar-refractivity contribution in [1.29, 1.82) is 0 Å². The van der Waals surface area contributed by atoms with Crippen LogP contribution in [0.4, 0.5) is 11.4 Å².